The van der Waals surface area contributed by atoms with Crippen LogP contribution >= 0.6 is 15.9 Å². The summed E-state index contributed by atoms with van der Waals surface area (Å²) in [4.78, 5) is 0. The van der Waals surface area contributed by atoms with Gasteiger partial charge in [-0.25, -0.2) is 0 Å². The summed E-state index contributed by atoms with van der Waals surface area (Å²) in [5, 5.41) is 8.78. The Hall–Kier alpha value is -1.79. The number of halogens is 1. The van der Waals surface area contributed by atoms with Gasteiger partial charge in [0.1, 0.15) is 12.4 Å². The molecule has 0 atom stereocenters. The van der Waals surface area contributed by atoms with Gasteiger partial charge in [0.05, 0.1) is 11.6 Å². The van der Waals surface area contributed by atoms with E-state index in [9.17, 15) is 0 Å². The number of ether oxygens (including phenoxy) is 1. The van der Waals surface area contributed by atoms with Crippen molar-refractivity contribution in [2.24, 2.45) is 0 Å². The van der Waals surface area contributed by atoms with Crippen molar-refractivity contribution in [3.05, 3.63) is 64.1 Å². The summed E-state index contributed by atoms with van der Waals surface area (Å²) in [6.07, 6.45) is 0. The van der Waals surface area contributed by atoms with Crippen molar-refractivity contribution >= 4 is 15.9 Å². The van der Waals surface area contributed by atoms with Crippen molar-refractivity contribution in [2.75, 3.05) is 0 Å². The van der Waals surface area contributed by atoms with Gasteiger partial charge in [0.25, 0.3) is 0 Å². The molecule has 2 aromatic rings. The topological polar surface area (TPSA) is 33.0 Å². The van der Waals surface area contributed by atoms with Crippen molar-refractivity contribution in [3.8, 4) is 11.8 Å². The zero-order valence-electron chi connectivity index (χ0n) is 9.06. The van der Waals surface area contributed by atoms with Crippen molar-refractivity contribution in [3.63, 3.8) is 0 Å². The lowest BCUT2D eigenvalue weighted by molar-refractivity contribution is 0.306. The summed E-state index contributed by atoms with van der Waals surface area (Å²) in [5.41, 5.74) is 1.65. The van der Waals surface area contributed by atoms with Crippen LogP contribution in [0.15, 0.2) is 53.0 Å². The molecule has 84 valence electrons. The van der Waals surface area contributed by atoms with E-state index in [4.69, 9.17) is 10.00 Å². The van der Waals surface area contributed by atoms with E-state index in [0.29, 0.717) is 12.2 Å². The van der Waals surface area contributed by atoms with Crippen molar-refractivity contribution < 1.29 is 4.74 Å². The van der Waals surface area contributed by atoms with Crippen molar-refractivity contribution in [1.82, 2.24) is 0 Å². The lowest BCUT2D eigenvalue weighted by Crippen LogP contribution is -1.95. The number of nitrogens with zero attached hydrogens (tertiary/aromatic N) is 1. The molecule has 0 unspecified atom stereocenters. The van der Waals surface area contributed by atoms with Crippen molar-refractivity contribution in [1.29, 1.82) is 5.26 Å². The van der Waals surface area contributed by atoms with E-state index in [1.807, 2.05) is 42.5 Å². The largest absolute Gasteiger partial charge is 0.489 e. The van der Waals surface area contributed by atoms with E-state index in [0.717, 1.165) is 15.8 Å². The van der Waals surface area contributed by atoms with E-state index >= 15 is 0 Å². The van der Waals surface area contributed by atoms with Gasteiger partial charge in [0.15, 0.2) is 0 Å². The molecule has 0 amide bonds. The molecule has 0 heterocycles. The van der Waals surface area contributed by atoms with Gasteiger partial charge in [-0.3, -0.25) is 0 Å². The highest BCUT2D eigenvalue weighted by atomic mass is 79.9. The molecule has 2 nitrogen and oxygen atoms in total. The molecule has 2 aromatic carbocycles. The average Bonchev–Trinajstić information content (AvgIpc) is 2.38. The Morgan fingerprint density at radius 3 is 2.59 bits per heavy atom. The summed E-state index contributed by atoms with van der Waals surface area (Å²) in [5.74, 6) is 0.815. The molecule has 3 heteroatoms. The van der Waals surface area contributed by atoms with Crippen LogP contribution < -0.4 is 4.74 Å². The van der Waals surface area contributed by atoms with Crippen molar-refractivity contribution in [2.45, 2.75) is 6.61 Å². The first-order valence-electron chi connectivity index (χ1n) is 5.15. The Morgan fingerprint density at radius 1 is 1.12 bits per heavy atom. The third-order valence-corrected chi connectivity index (χ3v) is 2.80. The zero-order valence-corrected chi connectivity index (χ0v) is 10.6. The number of benzene rings is 2. The van der Waals surface area contributed by atoms with Crippen LogP contribution in [0.3, 0.4) is 0 Å². The smallest absolute Gasteiger partial charge is 0.119 e. The summed E-state index contributed by atoms with van der Waals surface area (Å²) in [7, 11) is 0. The van der Waals surface area contributed by atoms with Crippen LogP contribution in [0.2, 0.25) is 0 Å². The predicted octanol–water partition coefficient (Wildman–Crippen LogP) is 3.90. The second-order valence-corrected chi connectivity index (χ2v) is 4.47. The Morgan fingerprint density at radius 2 is 1.88 bits per heavy atom. The molecular formula is C14H10BrNO. The summed E-state index contributed by atoms with van der Waals surface area (Å²) in [6, 6.07) is 17.2. The third-order valence-electron chi connectivity index (χ3n) is 2.28. The molecule has 0 fully saturated rings. The van der Waals surface area contributed by atoms with Gasteiger partial charge in [-0.1, -0.05) is 28.1 Å². The van der Waals surface area contributed by atoms with Gasteiger partial charge in [-0.05, 0) is 42.0 Å². The first-order valence-corrected chi connectivity index (χ1v) is 5.94. The molecule has 0 aromatic heterocycles. The number of hydrogen-bond donors (Lipinski definition) is 0. The van der Waals surface area contributed by atoms with Gasteiger partial charge in [-0.2, -0.15) is 5.26 Å². The highest BCUT2D eigenvalue weighted by Crippen LogP contribution is 2.17. The van der Waals surface area contributed by atoms with Crippen LogP contribution in [0.25, 0.3) is 0 Å². The summed E-state index contributed by atoms with van der Waals surface area (Å²) >= 11 is 3.37. The maximum atomic E-state index is 8.78. The fourth-order valence-corrected chi connectivity index (χ4v) is 1.69. The Balaban J connectivity index is 2.02. The molecule has 0 saturated heterocycles. The molecule has 0 saturated carbocycles. The Bertz CT molecular complexity index is 543. The minimum Gasteiger partial charge on any atom is -0.489 e. The SMILES string of the molecule is N#Cc1cccc(COc2ccc(Br)cc2)c1. The molecule has 17 heavy (non-hydrogen) atoms. The van der Waals surface area contributed by atoms with E-state index in [1.165, 1.54) is 0 Å². The normalized spacial score (nSPS) is 9.65. The lowest BCUT2D eigenvalue weighted by Gasteiger charge is -2.06. The maximum Gasteiger partial charge on any atom is 0.119 e. The molecule has 0 bridgehead atoms. The fourth-order valence-electron chi connectivity index (χ4n) is 1.43. The maximum absolute atomic E-state index is 8.78. The van der Waals surface area contributed by atoms with Gasteiger partial charge >= 0.3 is 0 Å². The van der Waals surface area contributed by atoms with E-state index in [1.54, 1.807) is 6.07 Å². The minimum atomic E-state index is 0.469. The number of hydrogen-bond acceptors (Lipinski definition) is 2. The molecule has 2 rings (SSSR count). The monoisotopic (exact) mass is 287 g/mol. The van der Waals surface area contributed by atoms with Crippen LogP contribution in [0, 0.1) is 11.3 Å². The Labute approximate surface area is 109 Å². The molecule has 0 aliphatic rings. The van der Waals surface area contributed by atoms with Gasteiger partial charge in [-0.15, -0.1) is 0 Å². The molecule has 0 aliphatic carbocycles. The molecular weight excluding hydrogens is 278 g/mol. The second-order valence-electron chi connectivity index (χ2n) is 3.55. The van der Waals surface area contributed by atoms with Gasteiger partial charge < -0.3 is 4.74 Å². The van der Waals surface area contributed by atoms with Gasteiger partial charge in [0.2, 0.25) is 0 Å². The Kier molecular flexibility index (Phi) is 3.79. The zero-order chi connectivity index (χ0) is 12.1. The highest BCUT2D eigenvalue weighted by molar-refractivity contribution is 9.10. The molecule has 0 spiro atoms. The summed E-state index contributed by atoms with van der Waals surface area (Å²) < 4.78 is 6.64. The summed E-state index contributed by atoms with van der Waals surface area (Å²) in [6.45, 7) is 0.469. The molecule has 0 radical (unpaired) electrons. The third kappa shape index (κ3) is 3.33. The van der Waals surface area contributed by atoms with Gasteiger partial charge in [0, 0.05) is 4.47 Å². The first-order chi connectivity index (χ1) is 8.28. The number of rotatable bonds is 3. The van der Waals surface area contributed by atoms with Crippen LogP contribution in [0.4, 0.5) is 0 Å². The quantitative estimate of drug-likeness (QED) is 0.858. The molecule has 0 N–H and O–H groups in total. The lowest BCUT2D eigenvalue weighted by atomic mass is 10.1. The van der Waals surface area contributed by atoms with Crippen LogP contribution in [-0.2, 0) is 6.61 Å². The van der Waals surface area contributed by atoms with Crippen LogP contribution in [0.1, 0.15) is 11.1 Å². The van der Waals surface area contributed by atoms with E-state index in [2.05, 4.69) is 22.0 Å². The standard InChI is InChI=1S/C14H10BrNO/c15-13-4-6-14(7-5-13)17-10-12-3-1-2-11(8-12)9-16/h1-8H,10H2. The van der Waals surface area contributed by atoms with E-state index in [-0.39, 0.29) is 0 Å². The van der Waals surface area contributed by atoms with Crippen LogP contribution in [-0.4, -0.2) is 0 Å². The molecule has 0 aliphatic heterocycles. The fraction of sp³-hybridized carbons (Fsp3) is 0.0714. The number of nitriles is 1. The first kappa shape index (κ1) is 11.7. The minimum absolute atomic E-state index is 0.469. The van der Waals surface area contributed by atoms with Crippen LogP contribution in [0.5, 0.6) is 5.75 Å². The predicted molar refractivity (Wildman–Crippen MR) is 69.6 cm³/mol. The average molecular weight is 288 g/mol. The second kappa shape index (κ2) is 5.51. The highest BCUT2D eigenvalue weighted by Gasteiger charge is 1.97. The van der Waals surface area contributed by atoms with E-state index < -0.39 is 0 Å².